The minimum absolute atomic E-state index is 0.575. The third-order valence-corrected chi connectivity index (χ3v) is 6.29. The lowest BCUT2D eigenvalue weighted by atomic mass is 9.96. The first-order valence-corrected chi connectivity index (χ1v) is 10.5. The Morgan fingerprint density at radius 1 is 0.923 bits per heavy atom. The first-order chi connectivity index (χ1) is 12.5. The molecule has 1 N–H and O–H groups in total. The summed E-state index contributed by atoms with van der Waals surface area (Å²) < 4.78 is 0. The second-order valence-electron chi connectivity index (χ2n) is 7.50. The Bertz CT molecular complexity index is 615. The number of nitrogens with zero attached hydrogens (tertiary/aromatic N) is 3. The van der Waals surface area contributed by atoms with E-state index in [1.807, 2.05) is 0 Å². The van der Waals surface area contributed by atoms with Crippen LogP contribution in [0.15, 0.2) is 24.3 Å². The van der Waals surface area contributed by atoms with Crippen LogP contribution in [-0.4, -0.2) is 66.2 Å². The summed E-state index contributed by atoms with van der Waals surface area (Å²) in [5, 5.41) is 4.51. The minimum atomic E-state index is 0.575. The Kier molecular flexibility index (Phi) is 6.70. The smallest absolute Gasteiger partial charge is 0.169 e. The van der Waals surface area contributed by atoms with Gasteiger partial charge in [0.1, 0.15) is 4.99 Å². The quantitative estimate of drug-likeness (QED) is 0.795. The highest BCUT2D eigenvalue weighted by Gasteiger charge is 2.23. The maximum atomic E-state index is 5.73. The molecular formula is C20H30N4S2. The van der Waals surface area contributed by atoms with Crippen molar-refractivity contribution in [1.29, 1.82) is 0 Å². The monoisotopic (exact) mass is 390 g/mol. The van der Waals surface area contributed by atoms with E-state index in [-0.39, 0.29) is 0 Å². The van der Waals surface area contributed by atoms with Crippen LogP contribution in [-0.2, 0) is 0 Å². The molecule has 1 aromatic rings. The fraction of sp³-hybridized carbons (Fsp3) is 0.600. The molecule has 2 aliphatic rings. The number of hydrogen-bond acceptors (Lipinski definition) is 3. The number of benzene rings is 1. The van der Waals surface area contributed by atoms with Gasteiger partial charge in [-0.05, 0) is 49.3 Å². The Hall–Kier alpha value is -1.40. The lowest BCUT2D eigenvalue weighted by molar-refractivity contribution is 0.256. The summed E-state index contributed by atoms with van der Waals surface area (Å²) in [6.07, 6.45) is 6.54. The molecular weight excluding hydrogens is 360 g/mol. The molecule has 0 aromatic heterocycles. The molecule has 0 amide bonds. The van der Waals surface area contributed by atoms with Crippen molar-refractivity contribution >= 4 is 40.2 Å². The van der Waals surface area contributed by atoms with Gasteiger partial charge in [0.15, 0.2) is 5.11 Å². The first kappa shape index (κ1) is 19.4. The lowest BCUT2D eigenvalue weighted by Crippen LogP contribution is -2.54. The highest BCUT2D eigenvalue weighted by Crippen LogP contribution is 2.18. The zero-order valence-corrected chi connectivity index (χ0v) is 17.5. The van der Waals surface area contributed by atoms with Crippen molar-refractivity contribution in [3.63, 3.8) is 0 Å². The molecule has 1 saturated heterocycles. The molecule has 1 aromatic carbocycles. The maximum Gasteiger partial charge on any atom is 0.169 e. The molecule has 2 fully saturated rings. The van der Waals surface area contributed by atoms with E-state index in [2.05, 4.69) is 58.4 Å². The summed E-state index contributed by atoms with van der Waals surface area (Å²) >= 11 is 11.4. The number of piperazine rings is 1. The van der Waals surface area contributed by atoms with Gasteiger partial charge in [0, 0.05) is 57.6 Å². The third kappa shape index (κ3) is 4.86. The molecule has 142 valence electrons. The predicted molar refractivity (Wildman–Crippen MR) is 118 cm³/mol. The fourth-order valence-electron chi connectivity index (χ4n) is 3.71. The van der Waals surface area contributed by atoms with E-state index in [4.69, 9.17) is 24.4 Å². The zero-order valence-electron chi connectivity index (χ0n) is 15.9. The lowest BCUT2D eigenvalue weighted by Gasteiger charge is -2.38. The molecule has 1 aliphatic carbocycles. The topological polar surface area (TPSA) is 21.8 Å². The van der Waals surface area contributed by atoms with Crippen LogP contribution in [0, 0.1) is 0 Å². The van der Waals surface area contributed by atoms with Crippen molar-refractivity contribution in [3.05, 3.63) is 29.8 Å². The van der Waals surface area contributed by atoms with Crippen molar-refractivity contribution in [1.82, 2.24) is 15.1 Å². The van der Waals surface area contributed by atoms with Gasteiger partial charge < -0.3 is 20.0 Å². The Labute approximate surface area is 168 Å². The third-order valence-electron chi connectivity index (χ3n) is 5.42. The Morgan fingerprint density at radius 2 is 1.50 bits per heavy atom. The van der Waals surface area contributed by atoms with Gasteiger partial charge in [-0.3, -0.25) is 0 Å². The number of rotatable bonds is 3. The molecule has 0 unspecified atom stereocenters. The largest absolute Gasteiger partial charge is 0.378 e. The molecule has 1 aliphatic heterocycles. The van der Waals surface area contributed by atoms with E-state index in [0.717, 1.165) is 41.8 Å². The van der Waals surface area contributed by atoms with E-state index in [9.17, 15) is 0 Å². The van der Waals surface area contributed by atoms with Crippen molar-refractivity contribution in [2.75, 3.05) is 45.2 Å². The average molecular weight is 391 g/mol. The summed E-state index contributed by atoms with van der Waals surface area (Å²) in [6, 6.07) is 9.08. The molecule has 1 saturated carbocycles. The predicted octanol–water partition coefficient (Wildman–Crippen LogP) is 3.25. The van der Waals surface area contributed by atoms with Crippen LogP contribution in [0.25, 0.3) is 0 Å². The molecule has 0 bridgehead atoms. The number of anilines is 1. The fourth-order valence-corrected chi connectivity index (χ4v) is 4.38. The van der Waals surface area contributed by atoms with Crippen molar-refractivity contribution in [2.24, 2.45) is 0 Å². The van der Waals surface area contributed by atoms with Crippen LogP contribution in [0.1, 0.15) is 37.7 Å². The molecule has 0 spiro atoms. The standard InChI is InChI=1S/C20H30N4S2/c1-22(2)18-10-8-16(9-11-18)19(25)23-12-14-24(15-13-23)20(26)21-17-6-4-3-5-7-17/h8-11,17H,3-7,12-15H2,1-2H3,(H,21,26). The number of thiocarbonyl (C=S) groups is 2. The van der Waals surface area contributed by atoms with Crippen molar-refractivity contribution in [3.8, 4) is 0 Å². The molecule has 4 nitrogen and oxygen atoms in total. The van der Waals surface area contributed by atoms with Crippen LogP contribution in [0.3, 0.4) is 0 Å². The van der Waals surface area contributed by atoms with Crippen LogP contribution in [0.4, 0.5) is 5.69 Å². The van der Waals surface area contributed by atoms with Gasteiger partial charge in [-0.1, -0.05) is 31.5 Å². The summed E-state index contributed by atoms with van der Waals surface area (Å²) in [5.41, 5.74) is 2.32. The summed E-state index contributed by atoms with van der Waals surface area (Å²) in [4.78, 5) is 7.66. The van der Waals surface area contributed by atoms with Gasteiger partial charge in [0.25, 0.3) is 0 Å². The van der Waals surface area contributed by atoms with Gasteiger partial charge in [0.2, 0.25) is 0 Å². The van der Waals surface area contributed by atoms with E-state index in [1.54, 1.807) is 0 Å². The Balaban J connectivity index is 1.49. The van der Waals surface area contributed by atoms with Crippen LogP contribution in [0.2, 0.25) is 0 Å². The second-order valence-corrected chi connectivity index (χ2v) is 8.28. The summed E-state index contributed by atoms with van der Waals surface area (Å²) in [5.74, 6) is 0. The summed E-state index contributed by atoms with van der Waals surface area (Å²) in [7, 11) is 4.10. The normalized spacial score (nSPS) is 18.5. The van der Waals surface area contributed by atoms with Gasteiger partial charge in [-0.15, -0.1) is 0 Å². The van der Waals surface area contributed by atoms with Crippen LogP contribution in [0.5, 0.6) is 0 Å². The minimum Gasteiger partial charge on any atom is -0.378 e. The van der Waals surface area contributed by atoms with Gasteiger partial charge in [-0.2, -0.15) is 0 Å². The van der Waals surface area contributed by atoms with Gasteiger partial charge in [-0.25, -0.2) is 0 Å². The maximum absolute atomic E-state index is 5.73. The molecule has 3 rings (SSSR count). The molecule has 1 heterocycles. The summed E-state index contributed by atoms with van der Waals surface area (Å²) in [6.45, 7) is 3.74. The van der Waals surface area contributed by atoms with E-state index < -0.39 is 0 Å². The SMILES string of the molecule is CN(C)c1ccc(C(=S)N2CCN(C(=S)NC3CCCCC3)CC2)cc1. The average Bonchev–Trinajstić information content (AvgIpc) is 2.68. The number of nitrogens with one attached hydrogen (secondary N) is 1. The molecule has 6 heteroatoms. The molecule has 0 radical (unpaired) electrons. The zero-order chi connectivity index (χ0) is 18.5. The Morgan fingerprint density at radius 3 is 2.08 bits per heavy atom. The second kappa shape index (κ2) is 9.00. The highest BCUT2D eigenvalue weighted by molar-refractivity contribution is 7.80. The van der Waals surface area contributed by atoms with Gasteiger partial charge >= 0.3 is 0 Å². The van der Waals surface area contributed by atoms with Crippen LogP contribution >= 0.6 is 24.4 Å². The van der Waals surface area contributed by atoms with E-state index >= 15 is 0 Å². The van der Waals surface area contributed by atoms with E-state index in [1.165, 1.54) is 37.8 Å². The van der Waals surface area contributed by atoms with Crippen molar-refractivity contribution < 1.29 is 0 Å². The highest BCUT2D eigenvalue weighted by atomic mass is 32.1. The molecule has 26 heavy (non-hydrogen) atoms. The molecule has 0 atom stereocenters. The van der Waals surface area contributed by atoms with E-state index in [0.29, 0.717) is 6.04 Å². The van der Waals surface area contributed by atoms with Crippen molar-refractivity contribution in [2.45, 2.75) is 38.1 Å². The number of hydrogen-bond donors (Lipinski definition) is 1. The van der Waals surface area contributed by atoms with Crippen LogP contribution < -0.4 is 10.2 Å². The van der Waals surface area contributed by atoms with Gasteiger partial charge in [0.05, 0.1) is 0 Å². The first-order valence-electron chi connectivity index (χ1n) is 9.66.